The molecule has 0 atom stereocenters. The highest BCUT2D eigenvalue weighted by Gasteiger charge is 2.09. The molecular formula is C17H21N7OS. The van der Waals surface area contributed by atoms with Crippen LogP contribution in [0.4, 0.5) is 0 Å². The van der Waals surface area contributed by atoms with Crippen LogP contribution in [-0.2, 0) is 12.8 Å². The second-order valence-corrected chi connectivity index (χ2v) is 6.58. The number of rotatable bonds is 7. The second kappa shape index (κ2) is 9.04. The molecule has 0 unspecified atom stereocenters. The third kappa shape index (κ3) is 5.09. The predicted octanol–water partition coefficient (Wildman–Crippen LogP) is 1.85. The maximum atomic E-state index is 5.25. The van der Waals surface area contributed by atoms with Crippen LogP contribution in [0, 0.1) is 6.92 Å². The maximum absolute atomic E-state index is 5.25. The average molecular weight is 371 g/mol. The summed E-state index contributed by atoms with van der Waals surface area (Å²) in [7, 11) is 1.75. The number of nitrogens with one attached hydrogen (secondary N) is 2. The number of thiazole rings is 1. The van der Waals surface area contributed by atoms with Crippen LogP contribution in [0.25, 0.3) is 11.6 Å². The molecule has 3 heterocycles. The van der Waals surface area contributed by atoms with Gasteiger partial charge in [0.15, 0.2) is 11.8 Å². The largest absolute Gasteiger partial charge is 0.356 e. The Bertz CT molecular complexity index is 844. The van der Waals surface area contributed by atoms with Crippen molar-refractivity contribution in [1.29, 1.82) is 0 Å². The SMILES string of the molecule is CN=C(NCCc1csc(C)n1)NCCc1noc(-c2ccccn2)n1. The van der Waals surface area contributed by atoms with Crippen LogP contribution >= 0.6 is 11.3 Å². The van der Waals surface area contributed by atoms with Crippen molar-refractivity contribution in [3.63, 3.8) is 0 Å². The summed E-state index contributed by atoms with van der Waals surface area (Å²) in [6, 6.07) is 5.57. The summed E-state index contributed by atoms with van der Waals surface area (Å²) in [6.07, 6.45) is 3.19. The first kappa shape index (κ1) is 18.0. The first-order valence-electron chi connectivity index (χ1n) is 8.34. The zero-order valence-corrected chi connectivity index (χ0v) is 15.6. The van der Waals surface area contributed by atoms with Gasteiger partial charge in [-0.25, -0.2) is 4.98 Å². The van der Waals surface area contributed by atoms with Crippen molar-refractivity contribution in [2.24, 2.45) is 4.99 Å². The molecule has 0 aliphatic rings. The van der Waals surface area contributed by atoms with Crippen LogP contribution in [0.15, 0.2) is 39.3 Å². The van der Waals surface area contributed by atoms with E-state index in [-0.39, 0.29) is 0 Å². The Hall–Kier alpha value is -2.81. The molecular weight excluding hydrogens is 350 g/mol. The van der Waals surface area contributed by atoms with E-state index in [0.717, 1.165) is 29.6 Å². The average Bonchev–Trinajstić information content (AvgIpc) is 3.30. The van der Waals surface area contributed by atoms with Crippen LogP contribution in [0.2, 0.25) is 0 Å². The number of nitrogens with zero attached hydrogens (tertiary/aromatic N) is 5. The van der Waals surface area contributed by atoms with Crippen molar-refractivity contribution < 1.29 is 4.52 Å². The number of aryl methyl sites for hydroxylation is 1. The Kier molecular flexibility index (Phi) is 6.26. The number of aromatic nitrogens is 4. The van der Waals surface area contributed by atoms with Crippen molar-refractivity contribution in [2.45, 2.75) is 19.8 Å². The minimum atomic E-state index is 0.432. The summed E-state index contributed by atoms with van der Waals surface area (Å²) >= 11 is 1.67. The van der Waals surface area contributed by atoms with Gasteiger partial charge in [0.25, 0.3) is 5.89 Å². The summed E-state index contributed by atoms with van der Waals surface area (Å²) in [4.78, 5) is 17.2. The number of aliphatic imine (C=N–C) groups is 1. The number of hydrogen-bond acceptors (Lipinski definition) is 7. The highest BCUT2D eigenvalue weighted by atomic mass is 32.1. The molecule has 3 aromatic rings. The molecule has 0 spiro atoms. The van der Waals surface area contributed by atoms with Crippen molar-refractivity contribution in [3.8, 4) is 11.6 Å². The van der Waals surface area contributed by atoms with E-state index in [4.69, 9.17) is 4.52 Å². The molecule has 0 aliphatic heterocycles. The Balaban J connectivity index is 1.41. The topological polar surface area (TPSA) is 101 Å². The van der Waals surface area contributed by atoms with E-state index in [9.17, 15) is 0 Å². The Morgan fingerprint density at radius 1 is 1.19 bits per heavy atom. The van der Waals surface area contributed by atoms with E-state index in [2.05, 4.69) is 41.1 Å². The van der Waals surface area contributed by atoms with Crippen molar-refractivity contribution in [2.75, 3.05) is 20.1 Å². The van der Waals surface area contributed by atoms with E-state index in [1.807, 2.05) is 25.1 Å². The van der Waals surface area contributed by atoms with Gasteiger partial charge in [0.2, 0.25) is 0 Å². The highest BCUT2D eigenvalue weighted by molar-refractivity contribution is 7.09. The molecule has 26 heavy (non-hydrogen) atoms. The van der Waals surface area contributed by atoms with Gasteiger partial charge in [0.1, 0.15) is 5.69 Å². The first-order chi connectivity index (χ1) is 12.7. The van der Waals surface area contributed by atoms with Gasteiger partial charge in [-0.3, -0.25) is 9.98 Å². The molecule has 0 aromatic carbocycles. The van der Waals surface area contributed by atoms with Crippen LogP contribution in [0.5, 0.6) is 0 Å². The van der Waals surface area contributed by atoms with Gasteiger partial charge in [-0.05, 0) is 19.1 Å². The lowest BCUT2D eigenvalue weighted by molar-refractivity contribution is 0.421. The summed E-state index contributed by atoms with van der Waals surface area (Å²) < 4.78 is 5.25. The lowest BCUT2D eigenvalue weighted by Gasteiger charge is -2.10. The molecule has 0 fully saturated rings. The summed E-state index contributed by atoms with van der Waals surface area (Å²) in [5.41, 5.74) is 1.78. The fraction of sp³-hybridized carbons (Fsp3) is 0.353. The molecule has 9 heteroatoms. The summed E-state index contributed by atoms with van der Waals surface area (Å²) in [5.74, 6) is 1.80. The zero-order chi connectivity index (χ0) is 18.2. The zero-order valence-electron chi connectivity index (χ0n) is 14.8. The van der Waals surface area contributed by atoms with Gasteiger partial charge in [-0.2, -0.15) is 4.98 Å². The predicted molar refractivity (Wildman–Crippen MR) is 101 cm³/mol. The van der Waals surface area contributed by atoms with Gasteiger partial charge >= 0.3 is 0 Å². The Morgan fingerprint density at radius 2 is 2.04 bits per heavy atom. The molecule has 0 saturated heterocycles. The van der Waals surface area contributed by atoms with E-state index >= 15 is 0 Å². The van der Waals surface area contributed by atoms with Crippen LogP contribution in [0.1, 0.15) is 16.5 Å². The molecule has 0 aliphatic carbocycles. The molecule has 0 bridgehead atoms. The molecule has 0 saturated carbocycles. The molecule has 3 aromatic heterocycles. The van der Waals surface area contributed by atoms with Gasteiger partial charge in [-0.1, -0.05) is 11.2 Å². The fourth-order valence-electron chi connectivity index (χ4n) is 2.29. The standard InChI is InChI=1S/C17H21N7OS/c1-12-22-13(11-26-12)6-9-20-17(18-2)21-10-7-15-23-16(25-24-15)14-5-3-4-8-19-14/h3-5,8,11H,6-7,9-10H2,1-2H3,(H2,18,20,21). The van der Waals surface area contributed by atoms with Crippen molar-refractivity contribution >= 4 is 17.3 Å². The molecule has 0 amide bonds. The number of pyridine rings is 1. The third-order valence-electron chi connectivity index (χ3n) is 3.56. The number of hydrogen-bond donors (Lipinski definition) is 2. The quantitative estimate of drug-likeness (QED) is 0.483. The van der Waals surface area contributed by atoms with Gasteiger partial charge in [0.05, 0.1) is 10.7 Å². The second-order valence-electron chi connectivity index (χ2n) is 5.51. The Labute approximate surface area is 155 Å². The minimum Gasteiger partial charge on any atom is -0.356 e. The molecule has 3 rings (SSSR count). The summed E-state index contributed by atoms with van der Waals surface area (Å²) in [5, 5.41) is 13.7. The van der Waals surface area contributed by atoms with Gasteiger partial charge in [0, 0.05) is 44.6 Å². The van der Waals surface area contributed by atoms with Crippen LogP contribution < -0.4 is 10.6 Å². The third-order valence-corrected chi connectivity index (χ3v) is 4.38. The lowest BCUT2D eigenvalue weighted by atomic mass is 10.3. The van der Waals surface area contributed by atoms with E-state index in [0.29, 0.717) is 30.4 Å². The smallest absolute Gasteiger partial charge is 0.276 e. The van der Waals surface area contributed by atoms with E-state index < -0.39 is 0 Å². The van der Waals surface area contributed by atoms with Crippen molar-refractivity contribution in [3.05, 3.63) is 46.3 Å². The number of guanidine groups is 1. The van der Waals surface area contributed by atoms with Gasteiger partial charge < -0.3 is 15.2 Å². The fourth-order valence-corrected chi connectivity index (χ4v) is 2.94. The van der Waals surface area contributed by atoms with E-state index in [1.54, 1.807) is 24.6 Å². The molecule has 2 N–H and O–H groups in total. The summed E-state index contributed by atoms with van der Waals surface area (Å²) in [6.45, 7) is 3.44. The van der Waals surface area contributed by atoms with Crippen LogP contribution in [-0.4, -0.2) is 46.2 Å². The monoisotopic (exact) mass is 371 g/mol. The van der Waals surface area contributed by atoms with Gasteiger partial charge in [-0.15, -0.1) is 11.3 Å². The normalized spacial score (nSPS) is 11.5. The molecule has 0 radical (unpaired) electrons. The van der Waals surface area contributed by atoms with E-state index in [1.165, 1.54) is 0 Å². The molecule has 8 nitrogen and oxygen atoms in total. The molecule has 136 valence electrons. The first-order valence-corrected chi connectivity index (χ1v) is 9.22. The van der Waals surface area contributed by atoms with Crippen LogP contribution in [0.3, 0.4) is 0 Å². The lowest BCUT2D eigenvalue weighted by Crippen LogP contribution is -2.39. The Morgan fingerprint density at radius 3 is 2.73 bits per heavy atom. The maximum Gasteiger partial charge on any atom is 0.276 e. The minimum absolute atomic E-state index is 0.432. The van der Waals surface area contributed by atoms with Crippen molar-refractivity contribution in [1.82, 2.24) is 30.7 Å². The highest BCUT2D eigenvalue weighted by Crippen LogP contribution is 2.13.